The second kappa shape index (κ2) is 13.1. The van der Waals surface area contributed by atoms with Gasteiger partial charge in [0.05, 0.1) is 59.5 Å². The van der Waals surface area contributed by atoms with Crippen LogP contribution in [0, 0.1) is 0 Å². The predicted octanol–water partition coefficient (Wildman–Crippen LogP) is 2.62. The van der Waals surface area contributed by atoms with E-state index >= 15 is 0 Å². The van der Waals surface area contributed by atoms with Gasteiger partial charge in [-0.25, -0.2) is 0 Å². The van der Waals surface area contributed by atoms with Crippen LogP contribution in [0.3, 0.4) is 0 Å². The summed E-state index contributed by atoms with van der Waals surface area (Å²) in [5.74, 6) is 0. The fourth-order valence-electron chi connectivity index (χ4n) is 3.29. The zero-order valence-electron chi connectivity index (χ0n) is 17.8. The summed E-state index contributed by atoms with van der Waals surface area (Å²) in [6.45, 7) is 3.67. The summed E-state index contributed by atoms with van der Waals surface area (Å²) in [6.07, 6.45) is -3.77. The molecule has 0 aromatic carbocycles. The fourth-order valence-corrected chi connectivity index (χ4v) is 7.48. The van der Waals surface area contributed by atoms with E-state index < -0.39 is 65.1 Å². The summed E-state index contributed by atoms with van der Waals surface area (Å²) in [4.78, 5) is 0. The van der Waals surface area contributed by atoms with E-state index in [1.54, 1.807) is 0 Å². The lowest BCUT2D eigenvalue weighted by molar-refractivity contribution is -0.281. The molecule has 5 aliphatic rings. The topological polar surface area (TPSA) is 129 Å². The van der Waals surface area contributed by atoms with Crippen LogP contribution < -0.4 is 0 Å². The largest absolute Gasteiger partial charge is 0.353 e. The van der Waals surface area contributed by atoms with Crippen molar-refractivity contribution in [1.29, 1.82) is 0 Å². The lowest BCUT2D eigenvalue weighted by atomic mass is 9.99. The van der Waals surface area contributed by atoms with Crippen LogP contribution in [0.4, 0.5) is 0 Å². The highest BCUT2D eigenvalue weighted by molar-refractivity contribution is 7.42. The van der Waals surface area contributed by atoms with Gasteiger partial charge in [-0.3, -0.25) is 0 Å². The van der Waals surface area contributed by atoms with Crippen molar-refractivity contribution >= 4 is 34.4 Å². The standard InChI is InChI=1S/C15H26O14P4/c1-16-15-14(29-33-23-8-9-24-33)13(28-32-21-6-7-22-32)12(27-31-19-4-5-20-31)11(26-15)10-25-30-17-2-3-18-30/h11-15H,2-10H2,1H3/t11-,12-,13+,14+,15+/m1/s1. The van der Waals surface area contributed by atoms with Crippen molar-refractivity contribution in [2.24, 2.45) is 0 Å². The summed E-state index contributed by atoms with van der Waals surface area (Å²) >= 11 is 0. The van der Waals surface area contributed by atoms with E-state index in [1.165, 1.54) is 7.11 Å². The molecule has 5 heterocycles. The second-order valence-electron chi connectivity index (χ2n) is 6.84. The second-order valence-corrected chi connectivity index (χ2v) is 11.6. The molecule has 0 aliphatic carbocycles. The minimum Gasteiger partial charge on any atom is -0.353 e. The number of methoxy groups -OCH3 is 1. The average Bonchev–Trinajstić information content (AvgIpc) is 3.64. The quantitative estimate of drug-likeness (QED) is 0.367. The van der Waals surface area contributed by atoms with Crippen LogP contribution in [0.15, 0.2) is 0 Å². The fraction of sp³-hybridized carbons (Fsp3) is 1.00. The first-order valence-corrected chi connectivity index (χ1v) is 14.7. The van der Waals surface area contributed by atoms with Crippen LogP contribution in [-0.2, 0) is 63.8 Å². The maximum Gasteiger partial charge on any atom is 0.333 e. The third-order valence-corrected chi connectivity index (χ3v) is 9.45. The molecule has 0 N–H and O–H groups in total. The van der Waals surface area contributed by atoms with Gasteiger partial charge in [0.15, 0.2) is 6.29 Å². The molecule has 5 rings (SSSR count). The van der Waals surface area contributed by atoms with Crippen LogP contribution in [-0.4, -0.2) is 97.3 Å². The zero-order valence-corrected chi connectivity index (χ0v) is 21.3. The number of ether oxygens (including phenoxy) is 2. The summed E-state index contributed by atoms with van der Waals surface area (Å²) in [6, 6.07) is 0. The maximum atomic E-state index is 6.23. The van der Waals surface area contributed by atoms with Gasteiger partial charge in [0, 0.05) is 7.11 Å². The van der Waals surface area contributed by atoms with Gasteiger partial charge in [0.1, 0.15) is 24.4 Å². The molecule has 0 aromatic heterocycles. The Labute approximate surface area is 195 Å². The Hall–Kier alpha value is 1.16. The van der Waals surface area contributed by atoms with E-state index in [1.807, 2.05) is 0 Å². The molecule has 5 fully saturated rings. The van der Waals surface area contributed by atoms with Crippen LogP contribution in [0.1, 0.15) is 0 Å². The van der Waals surface area contributed by atoms with Crippen molar-refractivity contribution in [2.75, 3.05) is 66.6 Å². The van der Waals surface area contributed by atoms with Gasteiger partial charge >= 0.3 is 34.4 Å². The Kier molecular flexibility index (Phi) is 10.2. The average molecular weight is 554 g/mol. The third kappa shape index (κ3) is 6.93. The number of hydrogen-bond acceptors (Lipinski definition) is 14. The molecule has 18 heteroatoms. The normalized spacial score (nSPS) is 37.5. The molecule has 190 valence electrons. The van der Waals surface area contributed by atoms with Crippen molar-refractivity contribution in [3.8, 4) is 0 Å². The highest BCUT2D eigenvalue weighted by Gasteiger charge is 2.53. The van der Waals surface area contributed by atoms with Crippen molar-refractivity contribution in [1.82, 2.24) is 0 Å². The first-order valence-electron chi connectivity index (χ1n) is 10.4. The SMILES string of the molecule is CO[C@H]1O[C@H](COP2OCCO2)[C@@H](OP2OCCO2)[C@H](OP2OCCO2)[C@@H]1OP1OCCO1. The molecule has 5 saturated heterocycles. The van der Waals surface area contributed by atoms with Gasteiger partial charge in [0.2, 0.25) is 0 Å². The molecular weight excluding hydrogens is 528 g/mol. The molecule has 0 radical (unpaired) electrons. The highest BCUT2D eigenvalue weighted by Crippen LogP contribution is 2.54. The lowest BCUT2D eigenvalue weighted by Crippen LogP contribution is -2.60. The van der Waals surface area contributed by atoms with Crippen LogP contribution in [0.2, 0.25) is 0 Å². The van der Waals surface area contributed by atoms with E-state index in [9.17, 15) is 0 Å². The Morgan fingerprint density at radius 1 is 0.576 bits per heavy atom. The van der Waals surface area contributed by atoms with Gasteiger partial charge in [-0.05, 0) is 0 Å². The molecule has 0 unspecified atom stereocenters. The van der Waals surface area contributed by atoms with E-state index in [0.717, 1.165) is 0 Å². The monoisotopic (exact) mass is 554 g/mol. The molecule has 0 amide bonds. The number of rotatable bonds is 10. The number of hydrogen-bond donors (Lipinski definition) is 0. The van der Waals surface area contributed by atoms with Gasteiger partial charge in [-0.1, -0.05) is 0 Å². The van der Waals surface area contributed by atoms with Gasteiger partial charge in [-0.2, -0.15) is 0 Å². The van der Waals surface area contributed by atoms with Crippen molar-refractivity contribution in [3.05, 3.63) is 0 Å². The summed E-state index contributed by atoms with van der Waals surface area (Å²) in [7, 11) is -4.79. The van der Waals surface area contributed by atoms with Crippen molar-refractivity contribution in [3.63, 3.8) is 0 Å². The molecule has 0 bridgehead atoms. The minimum atomic E-state index is -1.62. The summed E-state index contributed by atoms with van der Waals surface area (Å²) in [5, 5.41) is 0. The first kappa shape index (κ1) is 25.8. The predicted molar refractivity (Wildman–Crippen MR) is 112 cm³/mol. The molecular formula is C15H26O14P4. The lowest BCUT2D eigenvalue weighted by Gasteiger charge is -2.45. The molecule has 33 heavy (non-hydrogen) atoms. The van der Waals surface area contributed by atoms with E-state index in [2.05, 4.69) is 0 Å². The van der Waals surface area contributed by atoms with Gasteiger partial charge < -0.3 is 63.8 Å². The molecule has 0 spiro atoms. The van der Waals surface area contributed by atoms with Crippen LogP contribution in [0.25, 0.3) is 0 Å². The maximum absolute atomic E-state index is 6.23. The van der Waals surface area contributed by atoms with Crippen molar-refractivity contribution < 1.29 is 63.8 Å². The Morgan fingerprint density at radius 2 is 1.00 bits per heavy atom. The third-order valence-electron chi connectivity index (χ3n) is 4.70. The summed E-state index contributed by atoms with van der Waals surface area (Å²) in [5.41, 5.74) is 0. The van der Waals surface area contributed by atoms with Crippen LogP contribution >= 0.6 is 34.4 Å². The summed E-state index contributed by atoms with van der Waals surface area (Å²) < 4.78 is 80.4. The Bertz CT molecular complexity index is 587. The minimum absolute atomic E-state index is 0.0907. The molecule has 5 aliphatic heterocycles. The highest BCUT2D eigenvalue weighted by atomic mass is 31.2. The van der Waals surface area contributed by atoms with E-state index in [0.29, 0.717) is 52.9 Å². The zero-order chi connectivity index (χ0) is 22.5. The van der Waals surface area contributed by atoms with Gasteiger partial charge in [0.25, 0.3) is 0 Å². The van der Waals surface area contributed by atoms with Crippen molar-refractivity contribution in [2.45, 2.75) is 30.7 Å². The Morgan fingerprint density at radius 3 is 1.48 bits per heavy atom. The van der Waals surface area contributed by atoms with Gasteiger partial charge in [-0.15, -0.1) is 0 Å². The molecule has 0 aromatic rings. The first-order chi connectivity index (χ1) is 16.3. The van der Waals surface area contributed by atoms with E-state index in [4.69, 9.17) is 63.8 Å². The smallest absolute Gasteiger partial charge is 0.333 e. The van der Waals surface area contributed by atoms with Crippen LogP contribution in [0.5, 0.6) is 0 Å². The molecule has 0 saturated carbocycles. The molecule has 14 nitrogen and oxygen atoms in total. The Balaban J connectivity index is 1.36. The van der Waals surface area contributed by atoms with E-state index in [-0.39, 0.29) is 6.61 Å². The molecule has 5 atom stereocenters.